The van der Waals surface area contributed by atoms with Gasteiger partial charge in [0.15, 0.2) is 0 Å². The Kier molecular flexibility index (Phi) is 27.6. The summed E-state index contributed by atoms with van der Waals surface area (Å²) in [6.45, 7) is 21.6. The topological polar surface area (TPSA) is 257 Å². The van der Waals surface area contributed by atoms with Crippen LogP contribution in [0.4, 0.5) is 22.8 Å². The summed E-state index contributed by atoms with van der Waals surface area (Å²) >= 11 is 25.9. The molecule has 3 saturated heterocycles. The van der Waals surface area contributed by atoms with E-state index in [1.165, 1.54) is 54.6 Å². The fourth-order valence-corrected chi connectivity index (χ4v) is 13.4. The highest BCUT2D eigenvalue weighted by Crippen LogP contribution is 2.40. The molecule has 0 saturated carbocycles. The van der Waals surface area contributed by atoms with E-state index in [0.29, 0.717) is 62.0 Å². The first-order valence-corrected chi connectivity index (χ1v) is 38.1. The highest BCUT2D eigenvalue weighted by Gasteiger charge is 2.35. The van der Waals surface area contributed by atoms with E-state index in [2.05, 4.69) is 49.1 Å². The zero-order valence-corrected chi connectivity index (χ0v) is 67.1. The van der Waals surface area contributed by atoms with Crippen LogP contribution >= 0.6 is 62.3 Å². The van der Waals surface area contributed by atoms with Gasteiger partial charge in [-0.1, -0.05) is 78.3 Å². The van der Waals surface area contributed by atoms with Crippen LogP contribution in [0.3, 0.4) is 0 Å². The molecular weight excluding hydrogens is 1620 g/mol. The molecule has 3 atom stereocenters. The number of allylic oxidation sites excluding steroid dienone is 1. The number of benzene rings is 6. The van der Waals surface area contributed by atoms with Crippen LogP contribution in [-0.4, -0.2) is 150 Å². The van der Waals surface area contributed by atoms with Gasteiger partial charge in [-0.2, -0.15) is 15.3 Å². The average Bonchev–Trinajstić information content (AvgIpc) is 1.60. The number of carbonyl (C=O) groups excluding carboxylic acids is 4. The lowest BCUT2D eigenvalue weighted by molar-refractivity contribution is -0.125. The Morgan fingerprint density at radius 2 is 0.825 bits per heavy atom. The summed E-state index contributed by atoms with van der Waals surface area (Å²) in [6, 6.07) is 40.0. The number of ether oxygens (including phenoxy) is 5. The SMILES string of the molecule is C=CC(=O)Cl.C=CC(=O)N1CC[C@@H](n2nc(-c3ccc(Oc4cccc(F)c4Cl)cc3)c3cnccc32)C1.CC(C)(C)OC(=O)N1CC[C@@H](n2nc(-c3ccc(Oc4cccc(F)c4Cl)cc3)c3cnccc32)C1.CC(C)(C)OC(=O)N1CC[C@@H](n2nc(Br)c3cnccc32)C1.OB(O)c1ccc(Oc2cccc(F)c2Cl)cc1. The van der Waals surface area contributed by atoms with Crippen molar-refractivity contribution in [2.24, 2.45) is 0 Å². The first-order chi connectivity index (χ1) is 54.4. The second kappa shape index (κ2) is 37.4. The molecule has 114 heavy (non-hydrogen) atoms. The van der Waals surface area contributed by atoms with Crippen molar-refractivity contribution in [3.63, 3.8) is 0 Å². The Labute approximate surface area is 683 Å². The predicted octanol–water partition coefficient (Wildman–Crippen LogP) is 18.8. The van der Waals surface area contributed by atoms with E-state index in [9.17, 15) is 32.3 Å². The van der Waals surface area contributed by atoms with Gasteiger partial charge >= 0.3 is 19.3 Å². The number of fused-ring (bicyclic) bond motifs is 3. The van der Waals surface area contributed by atoms with Crippen LogP contribution < -0.4 is 19.7 Å². The molecular formula is C82H77BBrCl4F3N12O11. The molecule has 12 aromatic rings. The Balaban J connectivity index is 0.000000151. The van der Waals surface area contributed by atoms with Gasteiger partial charge in [0.05, 0.1) is 40.1 Å². The summed E-state index contributed by atoms with van der Waals surface area (Å²) in [4.78, 5) is 64.2. The van der Waals surface area contributed by atoms with E-state index in [1.807, 2.05) is 98.1 Å². The second-order valence-corrected chi connectivity index (χ2v) is 30.4. The van der Waals surface area contributed by atoms with E-state index in [1.54, 1.807) is 106 Å². The predicted molar refractivity (Wildman–Crippen MR) is 436 cm³/mol. The molecule has 0 spiro atoms. The normalized spacial score (nSPS) is 15.1. The number of rotatable bonds is 14. The Hall–Kier alpha value is -10.8. The van der Waals surface area contributed by atoms with Gasteiger partial charge in [-0.25, -0.2) is 22.8 Å². The molecule has 0 radical (unpaired) electrons. The highest BCUT2D eigenvalue weighted by atomic mass is 79.9. The lowest BCUT2D eigenvalue weighted by Crippen LogP contribution is -2.35. The Bertz CT molecular complexity index is 5460. The molecule has 3 fully saturated rings. The lowest BCUT2D eigenvalue weighted by atomic mass is 9.80. The molecule has 23 nitrogen and oxygen atoms in total. The minimum atomic E-state index is -1.53. The van der Waals surface area contributed by atoms with Crippen molar-refractivity contribution in [3.05, 3.63) is 245 Å². The third-order valence-electron chi connectivity index (χ3n) is 17.8. The van der Waals surface area contributed by atoms with Crippen LogP contribution in [-0.2, 0) is 19.1 Å². The van der Waals surface area contributed by atoms with Crippen molar-refractivity contribution in [2.45, 2.75) is 90.1 Å². The van der Waals surface area contributed by atoms with Crippen molar-refractivity contribution in [1.29, 1.82) is 0 Å². The van der Waals surface area contributed by atoms with Crippen LogP contribution in [0, 0.1) is 17.5 Å². The summed E-state index contributed by atoms with van der Waals surface area (Å²) in [7, 11) is -1.53. The summed E-state index contributed by atoms with van der Waals surface area (Å²) in [5.41, 5.74) is 5.61. The molecule has 590 valence electrons. The van der Waals surface area contributed by atoms with Gasteiger partial charge in [-0.05, 0) is 221 Å². The summed E-state index contributed by atoms with van der Waals surface area (Å²) in [6.07, 6.45) is 14.9. The third kappa shape index (κ3) is 21.1. The van der Waals surface area contributed by atoms with Crippen LogP contribution in [0.1, 0.15) is 78.9 Å². The van der Waals surface area contributed by atoms with Gasteiger partial charge in [-0.3, -0.25) is 38.6 Å². The lowest BCUT2D eigenvalue weighted by Gasteiger charge is -2.24. The number of pyridine rings is 3. The molecule has 0 bridgehead atoms. The molecule has 9 heterocycles. The van der Waals surface area contributed by atoms with Crippen LogP contribution in [0.2, 0.25) is 15.1 Å². The second-order valence-electron chi connectivity index (χ2n) is 28.1. The summed E-state index contributed by atoms with van der Waals surface area (Å²) in [5.74, 6) is 0.493. The molecule has 6 aromatic heterocycles. The minimum absolute atomic E-state index is 0.0221. The number of aromatic nitrogens is 9. The largest absolute Gasteiger partial charge is 0.488 e. The van der Waals surface area contributed by atoms with E-state index >= 15 is 0 Å². The fourth-order valence-electron chi connectivity index (χ4n) is 12.5. The van der Waals surface area contributed by atoms with Gasteiger partial charge in [0.25, 0.3) is 0 Å². The Morgan fingerprint density at radius 1 is 0.491 bits per heavy atom. The van der Waals surface area contributed by atoms with Gasteiger partial charge in [0.2, 0.25) is 11.1 Å². The number of halogens is 8. The standard InChI is InChI=1S/C27H26ClFN4O3.C25H20ClFN4O2.C15H19BrN4O2.C12H9BClFO3.C3H3ClO/c1-27(2,3)36-26(34)32-14-12-18(16-32)33-22-11-13-30-15-20(22)25(31-33)17-7-9-19(10-8-17)35-23-6-4-5-21(29)24(23)28;1-2-23(32)30-13-11-17(15-30)31-21-10-12-28-14-19(21)25(29-31)16-6-8-18(9-7-16)33-22-5-3-4-20(27)24(22)26;1-15(2,3)22-14(21)19-7-5-10(9-19)20-12-4-6-17-8-11(12)13(16)18-20;14-12-10(15)2-1-3-11(12)18-9-6-4-8(5-7-9)13(16)17;1-2-3(4)5/h4-11,13,15,18H,12,14,16H2,1-3H3;2-10,12,14,17H,1,11,13,15H2;4,6,8,10H,5,7,9H2,1-3H3;1-7,16-17H;2H,1H2/t18-;17-;10-;;/m111../s1. The average molecular weight is 1700 g/mol. The van der Waals surface area contributed by atoms with Gasteiger partial charge in [0.1, 0.15) is 94.2 Å². The molecule has 0 aliphatic carbocycles. The maximum atomic E-state index is 13.7. The van der Waals surface area contributed by atoms with Gasteiger partial charge in [0, 0.05) is 98.3 Å². The van der Waals surface area contributed by atoms with Crippen molar-refractivity contribution in [2.75, 3.05) is 39.3 Å². The summed E-state index contributed by atoms with van der Waals surface area (Å²) in [5, 5.41) is 34.3. The van der Waals surface area contributed by atoms with E-state index in [0.717, 1.165) is 85.2 Å². The van der Waals surface area contributed by atoms with Crippen LogP contribution in [0.25, 0.3) is 55.2 Å². The molecule has 6 aromatic carbocycles. The monoisotopic (exact) mass is 1690 g/mol. The molecule has 15 rings (SSSR count). The Morgan fingerprint density at radius 3 is 1.18 bits per heavy atom. The first-order valence-electron chi connectivity index (χ1n) is 35.8. The number of carbonyl (C=O) groups is 4. The smallest absolute Gasteiger partial charge is 0.456 e. The molecule has 3 amide bonds. The molecule has 32 heteroatoms. The quantitative estimate of drug-likeness (QED) is 0.0582. The molecule has 3 aliphatic heterocycles. The van der Waals surface area contributed by atoms with Crippen molar-refractivity contribution in [1.82, 2.24) is 59.0 Å². The molecule has 0 unspecified atom stereocenters. The van der Waals surface area contributed by atoms with Gasteiger partial charge < -0.3 is 48.4 Å². The maximum absolute atomic E-state index is 13.7. The van der Waals surface area contributed by atoms with Crippen molar-refractivity contribution < 1.29 is 66.1 Å². The van der Waals surface area contributed by atoms with Crippen molar-refractivity contribution in [3.8, 4) is 57.0 Å². The van der Waals surface area contributed by atoms with Crippen molar-refractivity contribution >= 4 is 131 Å². The third-order valence-corrected chi connectivity index (χ3v) is 19.7. The molecule has 3 aliphatic rings. The number of amides is 3. The minimum Gasteiger partial charge on any atom is -0.456 e. The first kappa shape index (κ1) is 84.1. The maximum Gasteiger partial charge on any atom is 0.488 e. The van der Waals surface area contributed by atoms with Crippen LogP contribution in [0.5, 0.6) is 34.5 Å². The highest BCUT2D eigenvalue weighted by molar-refractivity contribution is 9.10. The van der Waals surface area contributed by atoms with E-state index in [-0.39, 0.29) is 68.5 Å². The van der Waals surface area contributed by atoms with Gasteiger partial charge in [-0.15, -0.1) is 0 Å². The number of likely N-dealkylation sites (tertiary alicyclic amines) is 3. The summed E-state index contributed by atoms with van der Waals surface area (Å²) < 4.78 is 75.2. The number of hydrogen-bond acceptors (Lipinski definition) is 17. The number of hydrogen-bond donors (Lipinski definition) is 2. The molecule has 2 N–H and O–H groups in total. The van der Waals surface area contributed by atoms with E-state index < -0.39 is 41.0 Å². The zero-order chi connectivity index (χ0) is 81.7. The number of nitrogens with zero attached hydrogens (tertiary/aromatic N) is 12. The zero-order valence-electron chi connectivity index (χ0n) is 62.5. The van der Waals surface area contributed by atoms with E-state index in [4.69, 9.17) is 90.3 Å². The fraction of sp³-hybridized carbons (Fsp3) is 0.244. The van der Waals surface area contributed by atoms with Crippen LogP contribution in [0.15, 0.2) is 213 Å².